The smallest absolute Gasteiger partial charge is 0.406 e. The first-order valence-electron chi connectivity index (χ1n) is 4.68. The van der Waals surface area contributed by atoms with Gasteiger partial charge in [-0.2, -0.15) is 0 Å². The highest BCUT2D eigenvalue weighted by Crippen LogP contribution is 2.29. The van der Waals surface area contributed by atoms with Crippen molar-refractivity contribution in [3.63, 3.8) is 0 Å². The number of rotatable bonds is 1. The fourth-order valence-corrected chi connectivity index (χ4v) is 1.79. The third kappa shape index (κ3) is 2.79. The molecule has 0 radical (unpaired) electrons. The van der Waals surface area contributed by atoms with Crippen LogP contribution in [-0.4, -0.2) is 11.3 Å². The van der Waals surface area contributed by atoms with E-state index in [1.807, 2.05) is 0 Å². The summed E-state index contributed by atoms with van der Waals surface area (Å²) in [6.07, 6.45) is -4.71. The van der Waals surface area contributed by atoms with Gasteiger partial charge in [0.25, 0.3) is 0 Å². The van der Waals surface area contributed by atoms with Gasteiger partial charge < -0.3 is 4.74 Å². The zero-order chi connectivity index (χ0) is 12.6. The number of aromatic nitrogens is 1. The Morgan fingerprint density at radius 2 is 1.94 bits per heavy atom. The van der Waals surface area contributed by atoms with Crippen molar-refractivity contribution in [2.45, 2.75) is 13.3 Å². The Hall–Kier alpha value is -1.49. The van der Waals surface area contributed by atoms with Crippen LogP contribution in [0.5, 0.6) is 5.75 Å². The van der Waals surface area contributed by atoms with E-state index in [1.165, 1.54) is 18.2 Å². The standard InChI is InChI=1S/C11H7ClF3NO/c1-6-4-9(12)8-5-7(17-11(13,14)15)2-3-10(8)16-6/h2-5H,1H3. The molecule has 2 rings (SSSR count). The lowest BCUT2D eigenvalue weighted by Crippen LogP contribution is -2.17. The van der Waals surface area contributed by atoms with Gasteiger partial charge >= 0.3 is 6.36 Å². The van der Waals surface area contributed by atoms with Crippen molar-refractivity contribution in [1.82, 2.24) is 4.98 Å². The monoisotopic (exact) mass is 261 g/mol. The van der Waals surface area contributed by atoms with Gasteiger partial charge in [0.1, 0.15) is 5.75 Å². The first-order chi connectivity index (χ1) is 7.85. The quantitative estimate of drug-likeness (QED) is 0.771. The minimum atomic E-state index is -4.71. The molecule has 6 heteroatoms. The second-order valence-corrected chi connectivity index (χ2v) is 3.88. The lowest BCUT2D eigenvalue weighted by molar-refractivity contribution is -0.274. The molecule has 90 valence electrons. The number of alkyl halides is 3. The van der Waals surface area contributed by atoms with Crippen LogP contribution in [0.1, 0.15) is 5.69 Å². The van der Waals surface area contributed by atoms with Crippen LogP contribution in [0.2, 0.25) is 5.02 Å². The van der Waals surface area contributed by atoms with E-state index >= 15 is 0 Å². The second kappa shape index (κ2) is 4.07. The van der Waals surface area contributed by atoms with E-state index in [9.17, 15) is 13.2 Å². The van der Waals surface area contributed by atoms with Gasteiger partial charge in [0.2, 0.25) is 0 Å². The number of hydrogen-bond acceptors (Lipinski definition) is 2. The van der Waals surface area contributed by atoms with Crippen LogP contribution in [0.3, 0.4) is 0 Å². The summed E-state index contributed by atoms with van der Waals surface area (Å²) in [7, 11) is 0. The van der Waals surface area contributed by atoms with Crippen LogP contribution in [0.4, 0.5) is 13.2 Å². The van der Waals surface area contributed by atoms with E-state index in [0.29, 0.717) is 21.6 Å². The molecule has 0 aliphatic rings. The van der Waals surface area contributed by atoms with E-state index in [0.717, 1.165) is 0 Å². The summed E-state index contributed by atoms with van der Waals surface area (Å²) in [6, 6.07) is 5.45. The first-order valence-corrected chi connectivity index (χ1v) is 5.05. The highest BCUT2D eigenvalue weighted by Gasteiger charge is 2.31. The van der Waals surface area contributed by atoms with E-state index in [-0.39, 0.29) is 5.75 Å². The molecule has 17 heavy (non-hydrogen) atoms. The zero-order valence-electron chi connectivity index (χ0n) is 8.68. The normalized spacial score (nSPS) is 11.8. The second-order valence-electron chi connectivity index (χ2n) is 3.47. The SMILES string of the molecule is Cc1cc(Cl)c2cc(OC(F)(F)F)ccc2n1. The molecule has 0 fully saturated rings. The Bertz CT molecular complexity index is 568. The summed E-state index contributed by atoms with van der Waals surface area (Å²) in [4.78, 5) is 4.15. The molecule has 0 amide bonds. The van der Waals surface area contributed by atoms with Crippen LogP contribution < -0.4 is 4.74 Å². The highest BCUT2D eigenvalue weighted by atomic mass is 35.5. The number of nitrogens with zero attached hydrogens (tertiary/aromatic N) is 1. The maximum absolute atomic E-state index is 12.0. The molecule has 0 saturated carbocycles. The lowest BCUT2D eigenvalue weighted by Gasteiger charge is -2.10. The van der Waals surface area contributed by atoms with E-state index in [2.05, 4.69) is 9.72 Å². The topological polar surface area (TPSA) is 22.1 Å². The summed E-state index contributed by atoms with van der Waals surface area (Å²) < 4.78 is 39.9. The summed E-state index contributed by atoms with van der Waals surface area (Å²) in [5.74, 6) is -0.308. The lowest BCUT2D eigenvalue weighted by atomic mass is 10.2. The fourth-order valence-electron chi connectivity index (χ4n) is 1.48. The van der Waals surface area contributed by atoms with Crippen molar-refractivity contribution in [2.75, 3.05) is 0 Å². The molecular formula is C11H7ClF3NO. The predicted octanol–water partition coefficient (Wildman–Crippen LogP) is 4.10. The van der Waals surface area contributed by atoms with Crippen molar-refractivity contribution >= 4 is 22.5 Å². The van der Waals surface area contributed by atoms with Gasteiger partial charge in [0, 0.05) is 11.1 Å². The van der Waals surface area contributed by atoms with E-state index < -0.39 is 6.36 Å². The molecule has 1 aromatic carbocycles. The van der Waals surface area contributed by atoms with Crippen molar-refractivity contribution in [3.8, 4) is 5.75 Å². The zero-order valence-corrected chi connectivity index (χ0v) is 9.43. The van der Waals surface area contributed by atoms with E-state index in [4.69, 9.17) is 11.6 Å². The van der Waals surface area contributed by atoms with Crippen molar-refractivity contribution < 1.29 is 17.9 Å². The molecule has 0 aliphatic carbocycles. The number of fused-ring (bicyclic) bond motifs is 1. The third-order valence-corrected chi connectivity index (χ3v) is 2.40. The van der Waals surface area contributed by atoms with Gasteiger partial charge in [-0.3, -0.25) is 4.98 Å². The first kappa shape index (κ1) is 12.0. The van der Waals surface area contributed by atoms with Crippen LogP contribution in [0.15, 0.2) is 24.3 Å². The van der Waals surface area contributed by atoms with Gasteiger partial charge in [0.15, 0.2) is 0 Å². The Morgan fingerprint density at radius 3 is 2.59 bits per heavy atom. The van der Waals surface area contributed by atoms with Gasteiger partial charge in [-0.1, -0.05) is 11.6 Å². The van der Waals surface area contributed by atoms with Crippen LogP contribution in [-0.2, 0) is 0 Å². The summed E-state index contributed by atoms with van der Waals surface area (Å²) in [5.41, 5.74) is 1.23. The van der Waals surface area contributed by atoms with Gasteiger partial charge in [-0.25, -0.2) is 0 Å². The molecule has 0 saturated heterocycles. The number of hydrogen-bond donors (Lipinski definition) is 0. The predicted molar refractivity (Wildman–Crippen MR) is 58.2 cm³/mol. The number of pyridine rings is 1. The maximum atomic E-state index is 12.0. The molecule has 0 bridgehead atoms. The minimum Gasteiger partial charge on any atom is -0.406 e. The number of aryl methyl sites for hydroxylation is 1. The van der Waals surface area contributed by atoms with Gasteiger partial charge in [-0.05, 0) is 31.2 Å². The molecule has 0 unspecified atom stereocenters. The average Bonchev–Trinajstić information content (AvgIpc) is 2.16. The summed E-state index contributed by atoms with van der Waals surface area (Å²) in [5, 5.41) is 0.777. The molecule has 0 aliphatic heterocycles. The maximum Gasteiger partial charge on any atom is 0.573 e. The molecule has 2 nitrogen and oxygen atoms in total. The average molecular weight is 262 g/mol. The molecule has 1 heterocycles. The van der Waals surface area contributed by atoms with E-state index in [1.54, 1.807) is 13.0 Å². The fraction of sp³-hybridized carbons (Fsp3) is 0.182. The molecule has 0 atom stereocenters. The molecule has 0 spiro atoms. The molecule has 1 aromatic heterocycles. The number of ether oxygens (including phenoxy) is 1. The molecule has 2 aromatic rings. The Labute approximate surface area is 100.0 Å². The van der Waals surface area contributed by atoms with Gasteiger partial charge in [0.05, 0.1) is 10.5 Å². The van der Waals surface area contributed by atoms with Crippen LogP contribution in [0, 0.1) is 6.92 Å². The van der Waals surface area contributed by atoms with Gasteiger partial charge in [-0.15, -0.1) is 13.2 Å². The molecule has 0 N–H and O–H groups in total. The van der Waals surface area contributed by atoms with Crippen LogP contribution >= 0.6 is 11.6 Å². The molecular weight excluding hydrogens is 255 g/mol. The number of benzene rings is 1. The largest absolute Gasteiger partial charge is 0.573 e. The Balaban J connectivity index is 2.51. The highest BCUT2D eigenvalue weighted by molar-refractivity contribution is 6.35. The third-order valence-electron chi connectivity index (χ3n) is 2.09. The Kier molecular flexibility index (Phi) is 2.87. The van der Waals surface area contributed by atoms with Crippen molar-refractivity contribution in [2.24, 2.45) is 0 Å². The van der Waals surface area contributed by atoms with Crippen molar-refractivity contribution in [1.29, 1.82) is 0 Å². The summed E-state index contributed by atoms with van der Waals surface area (Å²) >= 11 is 5.93. The number of halogens is 4. The van der Waals surface area contributed by atoms with Crippen molar-refractivity contribution in [3.05, 3.63) is 35.0 Å². The Morgan fingerprint density at radius 1 is 1.24 bits per heavy atom. The van der Waals surface area contributed by atoms with Crippen LogP contribution in [0.25, 0.3) is 10.9 Å². The minimum absolute atomic E-state index is 0.308. The summed E-state index contributed by atoms with van der Waals surface area (Å²) in [6.45, 7) is 1.76.